The topological polar surface area (TPSA) is 78.1 Å². The van der Waals surface area contributed by atoms with Crippen molar-refractivity contribution in [3.05, 3.63) is 77.6 Å². The molecule has 1 fully saturated rings. The first-order valence-electron chi connectivity index (χ1n) is 12.4. The van der Waals surface area contributed by atoms with Crippen molar-refractivity contribution in [3.8, 4) is 0 Å². The molecule has 1 saturated carbocycles. The van der Waals surface area contributed by atoms with Crippen LogP contribution in [0.1, 0.15) is 55.3 Å². The molecule has 6 nitrogen and oxygen atoms in total. The van der Waals surface area contributed by atoms with E-state index in [1.807, 2.05) is 24.3 Å². The minimum atomic E-state index is -0.0813. The third-order valence-electron chi connectivity index (χ3n) is 5.95. The summed E-state index contributed by atoms with van der Waals surface area (Å²) in [6.07, 6.45) is 13.2. The zero-order valence-electron chi connectivity index (χ0n) is 19.7. The van der Waals surface area contributed by atoms with Crippen molar-refractivity contribution in [2.45, 2.75) is 64.2 Å². The Kier molecular flexibility index (Phi) is 11.7. The van der Waals surface area contributed by atoms with E-state index in [1.165, 1.54) is 37.7 Å². The molecule has 0 atom stereocenters. The Bertz CT molecular complexity index is 816. The zero-order chi connectivity index (χ0) is 23.0. The Morgan fingerprint density at radius 1 is 0.909 bits per heavy atom. The minimum absolute atomic E-state index is 0.0813. The average Bonchev–Trinajstić information content (AvgIpc) is 2.86. The molecule has 0 saturated heterocycles. The summed E-state index contributed by atoms with van der Waals surface area (Å²) in [5.74, 6) is -0.0813. The number of carbonyl (C=O) groups is 1. The van der Waals surface area contributed by atoms with Gasteiger partial charge in [0.2, 0.25) is 5.91 Å². The Morgan fingerprint density at radius 2 is 1.70 bits per heavy atom. The summed E-state index contributed by atoms with van der Waals surface area (Å²) in [5.41, 5.74) is 3.36. The van der Waals surface area contributed by atoms with Gasteiger partial charge in [0.05, 0.1) is 5.69 Å². The van der Waals surface area contributed by atoms with Crippen molar-refractivity contribution in [1.82, 2.24) is 26.3 Å². The lowest BCUT2D eigenvalue weighted by Crippen LogP contribution is -2.33. The van der Waals surface area contributed by atoms with E-state index in [0.29, 0.717) is 19.6 Å². The molecule has 2 aromatic rings. The van der Waals surface area contributed by atoms with Gasteiger partial charge in [-0.25, -0.2) is 0 Å². The van der Waals surface area contributed by atoms with Crippen molar-refractivity contribution in [1.29, 1.82) is 0 Å². The van der Waals surface area contributed by atoms with Gasteiger partial charge in [-0.15, -0.1) is 0 Å². The maximum absolute atomic E-state index is 12.0. The lowest BCUT2D eigenvalue weighted by atomic mass is 9.95. The van der Waals surface area contributed by atoms with Crippen LogP contribution in [0.3, 0.4) is 0 Å². The SMILES string of the molecule is O=C(/C=C/CNCc1ccccn1)NCc1ccc(CNCCCNC2CCCCC2)cc1. The average molecular weight is 450 g/mol. The van der Waals surface area contributed by atoms with Crippen molar-refractivity contribution < 1.29 is 4.79 Å². The van der Waals surface area contributed by atoms with E-state index in [4.69, 9.17) is 0 Å². The highest BCUT2D eigenvalue weighted by molar-refractivity contribution is 5.87. The third kappa shape index (κ3) is 10.7. The second-order valence-electron chi connectivity index (χ2n) is 8.71. The van der Waals surface area contributed by atoms with Gasteiger partial charge in [0.25, 0.3) is 0 Å². The van der Waals surface area contributed by atoms with Crippen LogP contribution in [0.5, 0.6) is 0 Å². The minimum Gasteiger partial charge on any atom is -0.348 e. The number of aromatic nitrogens is 1. The van der Waals surface area contributed by atoms with Gasteiger partial charge in [-0.05, 0) is 55.6 Å². The lowest BCUT2D eigenvalue weighted by molar-refractivity contribution is -0.116. The van der Waals surface area contributed by atoms with Gasteiger partial charge in [0.15, 0.2) is 0 Å². The Morgan fingerprint density at radius 3 is 2.45 bits per heavy atom. The molecule has 6 heteroatoms. The third-order valence-corrected chi connectivity index (χ3v) is 5.95. The molecule has 0 bridgehead atoms. The largest absolute Gasteiger partial charge is 0.348 e. The van der Waals surface area contributed by atoms with Gasteiger partial charge in [-0.1, -0.05) is 55.7 Å². The highest BCUT2D eigenvalue weighted by Crippen LogP contribution is 2.17. The first-order valence-corrected chi connectivity index (χ1v) is 12.4. The molecule has 0 unspecified atom stereocenters. The summed E-state index contributed by atoms with van der Waals surface area (Å²) in [5, 5.41) is 13.4. The normalized spacial score (nSPS) is 14.5. The van der Waals surface area contributed by atoms with Crippen LogP contribution in [0, 0.1) is 0 Å². The number of hydrogen-bond donors (Lipinski definition) is 4. The van der Waals surface area contributed by atoms with E-state index >= 15 is 0 Å². The molecule has 1 aromatic carbocycles. The lowest BCUT2D eigenvalue weighted by Gasteiger charge is -2.22. The second-order valence-corrected chi connectivity index (χ2v) is 8.71. The fourth-order valence-electron chi connectivity index (χ4n) is 4.03. The molecular weight excluding hydrogens is 410 g/mol. The van der Waals surface area contributed by atoms with Crippen molar-refractivity contribution in [3.63, 3.8) is 0 Å². The van der Waals surface area contributed by atoms with E-state index in [0.717, 1.165) is 43.4 Å². The summed E-state index contributed by atoms with van der Waals surface area (Å²) in [7, 11) is 0. The fraction of sp³-hybridized carbons (Fsp3) is 0.481. The number of amides is 1. The molecule has 0 aliphatic heterocycles. The summed E-state index contributed by atoms with van der Waals surface area (Å²) >= 11 is 0. The Labute approximate surface area is 198 Å². The first-order chi connectivity index (χ1) is 16.3. The second kappa shape index (κ2) is 15.3. The van der Waals surface area contributed by atoms with Gasteiger partial charge < -0.3 is 21.3 Å². The summed E-state index contributed by atoms with van der Waals surface area (Å²) in [6, 6.07) is 15.0. The predicted molar refractivity (Wildman–Crippen MR) is 135 cm³/mol. The van der Waals surface area contributed by atoms with Crippen molar-refractivity contribution >= 4 is 5.91 Å². The van der Waals surface area contributed by atoms with Gasteiger partial charge in [-0.3, -0.25) is 9.78 Å². The zero-order valence-corrected chi connectivity index (χ0v) is 19.7. The van der Waals surface area contributed by atoms with E-state index < -0.39 is 0 Å². The van der Waals surface area contributed by atoms with Gasteiger partial charge in [0, 0.05) is 44.5 Å². The fourth-order valence-corrected chi connectivity index (χ4v) is 4.03. The molecule has 0 radical (unpaired) electrons. The number of nitrogens with one attached hydrogen (secondary N) is 4. The van der Waals surface area contributed by atoms with Crippen LogP contribution in [0.25, 0.3) is 0 Å². The summed E-state index contributed by atoms with van der Waals surface area (Å²) < 4.78 is 0. The smallest absolute Gasteiger partial charge is 0.243 e. The van der Waals surface area contributed by atoms with Crippen LogP contribution < -0.4 is 21.3 Å². The number of carbonyl (C=O) groups excluding carboxylic acids is 1. The molecule has 3 rings (SSSR count). The van der Waals surface area contributed by atoms with E-state index in [9.17, 15) is 4.79 Å². The van der Waals surface area contributed by atoms with Crippen molar-refractivity contribution in [2.24, 2.45) is 0 Å². The number of pyridine rings is 1. The molecule has 0 spiro atoms. The number of hydrogen-bond acceptors (Lipinski definition) is 5. The van der Waals surface area contributed by atoms with Gasteiger partial charge in [0.1, 0.15) is 0 Å². The maximum atomic E-state index is 12.0. The highest BCUT2D eigenvalue weighted by atomic mass is 16.1. The summed E-state index contributed by atoms with van der Waals surface area (Å²) in [6.45, 7) is 4.86. The molecule has 178 valence electrons. The molecular formula is C27H39N5O. The number of rotatable bonds is 14. The van der Waals surface area contributed by atoms with E-state index in [-0.39, 0.29) is 5.91 Å². The van der Waals surface area contributed by atoms with Crippen LogP contribution in [0.15, 0.2) is 60.8 Å². The van der Waals surface area contributed by atoms with Crippen molar-refractivity contribution in [2.75, 3.05) is 19.6 Å². The first kappa shape index (κ1) is 25.1. The predicted octanol–water partition coefficient (Wildman–Crippen LogP) is 3.45. The molecule has 4 N–H and O–H groups in total. The Hall–Kier alpha value is -2.54. The van der Waals surface area contributed by atoms with Crippen LogP contribution >= 0.6 is 0 Å². The maximum Gasteiger partial charge on any atom is 0.243 e. The van der Waals surface area contributed by atoms with E-state index in [2.05, 4.69) is 50.5 Å². The standard InChI is InChI=1S/C27H39N5O/c33-27(11-6-16-29-22-26-10-4-5-18-31-26)32-21-24-14-12-23(13-15-24)20-28-17-7-19-30-25-8-2-1-3-9-25/h4-6,10-15,18,25,28-30H,1-3,7-9,16-17,19-22H2,(H,32,33)/b11-6+. The van der Waals surface area contributed by atoms with E-state index in [1.54, 1.807) is 12.3 Å². The molecule has 1 aromatic heterocycles. The number of nitrogens with zero attached hydrogens (tertiary/aromatic N) is 1. The molecule has 1 aliphatic carbocycles. The van der Waals surface area contributed by atoms with Crippen LogP contribution in [-0.4, -0.2) is 36.6 Å². The number of benzene rings is 1. The Balaban J connectivity index is 1.21. The molecule has 1 amide bonds. The molecule has 1 aliphatic rings. The quantitative estimate of drug-likeness (QED) is 0.263. The molecule has 1 heterocycles. The molecule has 33 heavy (non-hydrogen) atoms. The van der Waals surface area contributed by atoms with Crippen LogP contribution in [0.2, 0.25) is 0 Å². The highest BCUT2D eigenvalue weighted by Gasteiger charge is 2.11. The van der Waals surface area contributed by atoms with Crippen LogP contribution in [-0.2, 0) is 24.4 Å². The summed E-state index contributed by atoms with van der Waals surface area (Å²) in [4.78, 5) is 16.2. The van der Waals surface area contributed by atoms with Gasteiger partial charge in [-0.2, -0.15) is 0 Å². The monoisotopic (exact) mass is 449 g/mol. The van der Waals surface area contributed by atoms with Gasteiger partial charge >= 0.3 is 0 Å². The van der Waals surface area contributed by atoms with Crippen LogP contribution in [0.4, 0.5) is 0 Å².